The molecule has 0 N–H and O–H groups in total. The average molecular weight is 417 g/mol. The first-order valence-electron chi connectivity index (χ1n) is 5.15. The number of carbonyl (C=O) groups is 1. The van der Waals surface area contributed by atoms with Gasteiger partial charge in [-0.2, -0.15) is 0 Å². The summed E-state index contributed by atoms with van der Waals surface area (Å²) in [6.45, 7) is 0. The zero-order valence-corrected chi connectivity index (χ0v) is 14.1. The minimum atomic E-state index is -0.479. The second-order valence-corrected chi connectivity index (χ2v) is 6.23. The van der Waals surface area contributed by atoms with E-state index < -0.39 is 11.6 Å². The number of benzene rings is 2. The van der Waals surface area contributed by atoms with Gasteiger partial charge in [0.25, 0.3) is 0 Å². The largest absolute Gasteiger partial charge is 0.288 e. The first kappa shape index (κ1) is 16.1. The van der Waals surface area contributed by atoms with Gasteiger partial charge in [-0.1, -0.05) is 46.4 Å². The minimum Gasteiger partial charge on any atom is -0.288 e. The van der Waals surface area contributed by atoms with Crippen LogP contribution in [-0.2, 0) is 0 Å². The highest BCUT2D eigenvalue weighted by molar-refractivity contribution is 9.10. The van der Waals surface area contributed by atoms with Crippen molar-refractivity contribution in [1.82, 2.24) is 0 Å². The molecule has 0 aliphatic carbocycles. The van der Waals surface area contributed by atoms with Crippen molar-refractivity contribution < 1.29 is 9.18 Å². The smallest absolute Gasteiger partial charge is 0.196 e. The number of halogens is 6. The van der Waals surface area contributed by atoms with Crippen molar-refractivity contribution >= 4 is 68.1 Å². The van der Waals surface area contributed by atoms with Gasteiger partial charge in [-0.3, -0.25) is 4.79 Å². The van der Waals surface area contributed by atoms with E-state index in [4.69, 9.17) is 46.4 Å². The molecule has 0 aromatic heterocycles. The van der Waals surface area contributed by atoms with E-state index in [9.17, 15) is 9.18 Å². The maximum atomic E-state index is 13.2. The van der Waals surface area contributed by atoms with Gasteiger partial charge < -0.3 is 0 Å². The van der Waals surface area contributed by atoms with Crippen LogP contribution in [0, 0.1) is 5.82 Å². The highest BCUT2D eigenvalue weighted by Crippen LogP contribution is 2.38. The lowest BCUT2D eigenvalue weighted by Gasteiger charge is -2.09. The topological polar surface area (TPSA) is 17.1 Å². The van der Waals surface area contributed by atoms with Gasteiger partial charge in [-0.25, -0.2) is 4.39 Å². The molecule has 0 spiro atoms. The molecule has 1 nitrogen and oxygen atoms in total. The Morgan fingerprint density at radius 1 is 1.00 bits per heavy atom. The zero-order chi connectivity index (χ0) is 15.0. The third kappa shape index (κ3) is 2.97. The van der Waals surface area contributed by atoms with Crippen LogP contribution in [0.2, 0.25) is 20.1 Å². The molecule has 0 saturated heterocycles. The summed E-state index contributed by atoms with van der Waals surface area (Å²) in [5.41, 5.74) is 0.252. The SMILES string of the molecule is O=C(c1ccc(F)c(Br)c1)c1c(Cl)cc(Cl)c(Cl)c1Cl. The van der Waals surface area contributed by atoms with E-state index >= 15 is 0 Å². The lowest BCUT2D eigenvalue weighted by atomic mass is 10.0. The maximum Gasteiger partial charge on any atom is 0.196 e. The van der Waals surface area contributed by atoms with E-state index in [-0.39, 0.29) is 35.7 Å². The van der Waals surface area contributed by atoms with E-state index in [2.05, 4.69) is 15.9 Å². The molecule has 0 unspecified atom stereocenters. The molecular formula is C13H4BrCl4FO. The summed E-state index contributed by atoms with van der Waals surface area (Å²) in [6, 6.07) is 5.17. The second-order valence-electron chi connectivity index (χ2n) is 3.80. The lowest BCUT2D eigenvalue weighted by molar-refractivity contribution is 0.103. The van der Waals surface area contributed by atoms with Crippen molar-refractivity contribution in [3.8, 4) is 0 Å². The Balaban J connectivity index is 2.59. The summed E-state index contributed by atoms with van der Waals surface area (Å²) < 4.78 is 13.4. The van der Waals surface area contributed by atoms with Crippen LogP contribution in [0.4, 0.5) is 4.39 Å². The summed E-state index contributed by atoms with van der Waals surface area (Å²) in [7, 11) is 0. The summed E-state index contributed by atoms with van der Waals surface area (Å²) in [5, 5.41) is 0.241. The van der Waals surface area contributed by atoms with Crippen LogP contribution in [0.25, 0.3) is 0 Å². The first-order chi connectivity index (χ1) is 9.32. The van der Waals surface area contributed by atoms with Gasteiger partial charge in [0.05, 0.1) is 30.1 Å². The van der Waals surface area contributed by atoms with Crippen molar-refractivity contribution in [3.05, 3.63) is 65.8 Å². The molecule has 7 heteroatoms. The molecule has 0 heterocycles. The second kappa shape index (κ2) is 6.20. The molecule has 2 rings (SSSR count). The highest BCUT2D eigenvalue weighted by Gasteiger charge is 2.21. The summed E-state index contributed by atoms with van der Waals surface area (Å²) >= 11 is 26.7. The van der Waals surface area contributed by atoms with Gasteiger partial charge in [0, 0.05) is 5.56 Å². The van der Waals surface area contributed by atoms with Crippen LogP contribution in [0.1, 0.15) is 15.9 Å². The average Bonchev–Trinajstić information content (AvgIpc) is 2.39. The molecule has 0 saturated carbocycles. The molecule has 0 aliphatic heterocycles. The molecule has 20 heavy (non-hydrogen) atoms. The van der Waals surface area contributed by atoms with Gasteiger partial charge in [0.15, 0.2) is 5.78 Å². The van der Waals surface area contributed by atoms with Crippen LogP contribution in [0.15, 0.2) is 28.7 Å². The molecule has 0 amide bonds. The predicted molar refractivity (Wildman–Crippen MR) is 84.0 cm³/mol. The van der Waals surface area contributed by atoms with Gasteiger partial charge in [0.1, 0.15) is 5.82 Å². The van der Waals surface area contributed by atoms with Crippen LogP contribution >= 0.6 is 62.3 Å². The Bertz CT molecular complexity index is 718. The highest BCUT2D eigenvalue weighted by atomic mass is 79.9. The summed E-state index contributed by atoms with van der Waals surface area (Å²) in [6.07, 6.45) is 0. The fraction of sp³-hybridized carbons (Fsp3) is 0. The number of rotatable bonds is 2. The quantitative estimate of drug-likeness (QED) is 0.313. The molecule has 104 valence electrons. The summed E-state index contributed by atoms with van der Waals surface area (Å²) in [5.74, 6) is -0.952. The third-order valence-corrected chi connectivity index (χ3v) is 4.69. The van der Waals surface area contributed by atoms with Gasteiger partial charge >= 0.3 is 0 Å². The van der Waals surface area contributed by atoms with Gasteiger partial charge in [-0.05, 0) is 40.2 Å². The fourth-order valence-corrected chi connectivity index (χ4v) is 3.02. The Labute approximate surface area is 142 Å². The van der Waals surface area contributed by atoms with Crippen LogP contribution in [0.3, 0.4) is 0 Å². The van der Waals surface area contributed by atoms with E-state index in [0.29, 0.717) is 0 Å². The minimum absolute atomic E-state index is 0.0289. The monoisotopic (exact) mass is 414 g/mol. The number of ketones is 1. The molecule has 0 bridgehead atoms. The Morgan fingerprint density at radius 3 is 2.25 bits per heavy atom. The van der Waals surface area contributed by atoms with E-state index in [0.717, 1.165) is 6.07 Å². The van der Waals surface area contributed by atoms with Crippen LogP contribution < -0.4 is 0 Å². The third-order valence-electron chi connectivity index (χ3n) is 2.52. The fourth-order valence-electron chi connectivity index (χ4n) is 1.56. The molecule has 0 radical (unpaired) electrons. The van der Waals surface area contributed by atoms with Crippen molar-refractivity contribution in [2.24, 2.45) is 0 Å². The van der Waals surface area contributed by atoms with Crippen LogP contribution in [0.5, 0.6) is 0 Å². The van der Waals surface area contributed by atoms with Gasteiger partial charge in [-0.15, -0.1) is 0 Å². The maximum absolute atomic E-state index is 13.2. The van der Waals surface area contributed by atoms with Crippen LogP contribution in [-0.4, -0.2) is 5.78 Å². The lowest BCUT2D eigenvalue weighted by Crippen LogP contribution is -2.04. The first-order valence-corrected chi connectivity index (χ1v) is 7.46. The Morgan fingerprint density at radius 2 is 1.65 bits per heavy atom. The molecule has 2 aromatic rings. The summed E-state index contributed by atoms with van der Waals surface area (Å²) in [4.78, 5) is 12.4. The van der Waals surface area contributed by atoms with E-state index in [1.165, 1.54) is 18.2 Å². The Hall–Kier alpha value is -0.320. The van der Waals surface area contributed by atoms with Crippen molar-refractivity contribution in [3.63, 3.8) is 0 Å². The normalized spacial score (nSPS) is 10.7. The van der Waals surface area contributed by atoms with Gasteiger partial charge in [0.2, 0.25) is 0 Å². The van der Waals surface area contributed by atoms with Crippen molar-refractivity contribution in [2.45, 2.75) is 0 Å². The number of carbonyl (C=O) groups excluding carboxylic acids is 1. The van der Waals surface area contributed by atoms with E-state index in [1.807, 2.05) is 0 Å². The molecule has 2 aromatic carbocycles. The van der Waals surface area contributed by atoms with Crippen molar-refractivity contribution in [2.75, 3.05) is 0 Å². The molecule has 0 atom stereocenters. The van der Waals surface area contributed by atoms with Crippen molar-refractivity contribution in [1.29, 1.82) is 0 Å². The Kier molecular flexibility index (Phi) is 4.98. The van der Waals surface area contributed by atoms with E-state index in [1.54, 1.807) is 0 Å². The predicted octanol–water partition coefficient (Wildman–Crippen LogP) is 6.43. The zero-order valence-electron chi connectivity index (χ0n) is 9.49. The number of hydrogen-bond donors (Lipinski definition) is 0. The molecule has 0 fully saturated rings. The molecule has 0 aliphatic rings. The molecular weight excluding hydrogens is 413 g/mol. The standard InChI is InChI=1S/C13H4BrCl4FO/c14-6-3-5(1-2-9(6)19)13(20)10-7(15)4-8(16)11(17)12(10)18/h1-4H. The number of hydrogen-bond acceptors (Lipinski definition) is 1.